The Hall–Kier alpha value is -1.74. The Labute approximate surface area is 166 Å². The third-order valence-electron chi connectivity index (χ3n) is 4.23. The van der Waals surface area contributed by atoms with Crippen molar-refractivity contribution >= 4 is 22.4 Å². The molecule has 1 heterocycles. The van der Waals surface area contributed by atoms with Crippen LogP contribution in [0.1, 0.15) is 22.5 Å². The molecule has 150 valence electrons. The number of hydrogen-bond acceptors (Lipinski definition) is 4. The molecule has 0 atom stereocenters. The summed E-state index contributed by atoms with van der Waals surface area (Å²) in [7, 11) is -0.478. The minimum absolute atomic E-state index is 0. The zero-order valence-corrected chi connectivity index (χ0v) is 17.6. The van der Waals surface area contributed by atoms with Crippen LogP contribution in [0, 0.1) is 13.8 Å². The Morgan fingerprint density at radius 2 is 2.00 bits per heavy atom. The van der Waals surface area contributed by atoms with E-state index in [4.69, 9.17) is 5.73 Å². The second kappa shape index (κ2) is 9.45. The number of hydrogen-bond donors (Lipinski definition) is 1. The lowest BCUT2D eigenvalue weighted by Crippen LogP contribution is -2.22. The monoisotopic (exact) mass is 416 g/mol. The first kappa shape index (κ1) is 23.3. The molecule has 0 spiro atoms. The van der Waals surface area contributed by atoms with Crippen LogP contribution in [0.3, 0.4) is 0 Å². The van der Waals surface area contributed by atoms with Crippen LogP contribution in [0.4, 0.5) is 4.39 Å². The number of sulfonamides is 1. The molecule has 9 heteroatoms. The molecule has 0 fully saturated rings. The standard InChI is InChI=1S/C18H25FN4O2S.ClH/c1-13-18(14(2)23(21-13)12-16(19)8-9-20)11-15-6-5-7-17(10-15)26(24,25)22(3)4;/h5-8,10H,9,11-12,20H2,1-4H3;1H/b16-8-;. The fourth-order valence-corrected chi connectivity index (χ4v) is 3.68. The van der Waals surface area contributed by atoms with Crippen molar-refractivity contribution < 1.29 is 12.8 Å². The maximum Gasteiger partial charge on any atom is 0.242 e. The quantitative estimate of drug-likeness (QED) is 0.752. The third kappa shape index (κ3) is 5.38. The first-order valence-electron chi connectivity index (χ1n) is 8.25. The van der Waals surface area contributed by atoms with Crippen molar-refractivity contribution in [3.05, 3.63) is 58.7 Å². The highest BCUT2D eigenvalue weighted by molar-refractivity contribution is 7.89. The van der Waals surface area contributed by atoms with Gasteiger partial charge in [0.05, 0.1) is 17.1 Å². The number of rotatable bonds is 7. The molecule has 0 saturated heterocycles. The number of halogens is 2. The lowest BCUT2D eigenvalue weighted by Gasteiger charge is -2.12. The summed E-state index contributed by atoms with van der Waals surface area (Å²) in [4.78, 5) is 0.250. The second-order valence-corrected chi connectivity index (χ2v) is 8.46. The van der Waals surface area contributed by atoms with Gasteiger partial charge in [0, 0.05) is 38.3 Å². The number of nitrogens with zero attached hydrogens (tertiary/aromatic N) is 3. The Bertz CT molecular complexity index is 923. The highest BCUT2D eigenvalue weighted by atomic mass is 35.5. The molecule has 0 bridgehead atoms. The van der Waals surface area contributed by atoms with Gasteiger partial charge < -0.3 is 5.73 Å². The van der Waals surface area contributed by atoms with E-state index in [-0.39, 0.29) is 36.2 Å². The molecule has 6 nitrogen and oxygen atoms in total. The summed E-state index contributed by atoms with van der Waals surface area (Å²) in [6.07, 6.45) is 1.85. The van der Waals surface area contributed by atoms with Gasteiger partial charge in [-0.05, 0) is 37.6 Å². The molecule has 2 rings (SSSR count). The van der Waals surface area contributed by atoms with Crippen LogP contribution in [-0.2, 0) is 23.0 Å². The van der Waals surface area contributed by atoms with Gasteiger partial charge in [0.1, 0.15) is 5.83 Å². The molecule has 0 aliphatic heterocycles. The molecule has 2 N–H and O–H groups in total. The van der Waals surface area contributed by atoms with Gasteiger partial charge >= 0.3 is 0 Å². The Balaban J connectivity index is 0.00000364. The van der Waals surface area contributed by atoms with Crippen LogP contribution in [0.2, 0.25) is 0 Å². The van der Waals surface area contributed by atoms with E-state index in [1.807, 2.05) is 19.9 Å². The van der Waals surface area contributed by atoms with E-state index in [1.165, 1.54) is 24.5 Å². The largest absolute Gasteiger partial charge is 0.327 e. The average molecular weight is 417 g/mol. The number of benzene rings is 1. The topological polar surface area (TPSA) is 81.2 Å². The van der Waals surface area contributed by atoms with E-state index in [2.05, 4.69) is 5.10 Å². The molecule has 27 heavy (non-hydrogen) atoms. The minimum Gasteiger partial charge on any atom is -0.327 e. The van der Waals surface area contributed by atoms with Gasteiger partial charge in [-0.3, -0.25) is 4.68 Å². The van der Waals surface area contributed by atoms with Crippen LogP contribution in [0.15, 0.2) is 41.1 Å². The molecule has 0 amide bonds. The van der Waals surface area contributed by atoms with Crippen molar-refractivity contribution in [3.8, 4) is 0 Å². The predicted octanol–water partition coefficient (Wildman–Crippen LogP) is 2.57. The van der Waals surface area contributed by atoms with Crippen molar-refractivity contribution in [3.63, 3.8) is 0 Å². The normalized spacial score (nSPS) is 12.3. The molecular formula is C18H26ClFN4O2S. The SMILES string of the molecule is Cc1nn(C/C(F)=C/CN)c(C)c1Cc1cccc(S(=O)(=O)N(C)C)c1.Cl. The molecule has 0 aliphatic carbocycles. The first-order valence-corrected chi connectivity index (χ1v) is 9.69. The summed E-state index contributed by atoms with van der Waals surface area (Å²) < 4.78 is 41.2. The molecular weight excluding hydrogens is 391 g/mol. The molecule has 0 unspecified atom stereocenters. The average Bonchev–Trinajstić information content (AvgIpc) is 2.82. The van der Waals surface area contributed by atoms with Gasteiger partial charge in [-0.1, -0.05) is 12.1 Å². The highest BCUT2D eigenvalue weighted by Gasteiger charge is 2.18. The number of allylic oxidation sites excluding steroid dienone is 1. The Kier molecular flexibility index (Phi) is 8.16. The van der Waals surface area contributed by atoms with E-state index in [9.17, 15) is 12.8 Å². The second-order valence-electron chi connectivity index (χ2n) is 6.31. The molecule has 0 saturated carbocycles. The molecule has 2 aromatic rings. The van der Waals surface area contributed by atoms with E-state index in [0.717, 1.165) is 22.5 Å². The summed E-state index contributed by atoms with van der Waals surface area (Å²) in [6, 6.07) is 6.85. The molecule has 1 aromatic carbocycles. The van der Waals surface area contributed by atoms with E-state index < -0.39 is 10.0 Å². The Morgan fingerprint density at radius 3 is 2.59 bits per heavy atom. The van der Waals surface area contributed by atoms with E-state index in [1.54, 1.807) is 22.9 Å². The summed E-state index contributed by atoms with van der Waals surface area (Å²) in [5, 5.41) is 4.40. The van der Waals surface area contributed by atoms with Gasteiger partial charge in [0.15, 0.2) is 0 Å². The first-order chi connectivity index (χ1) is 12.2. The zero-order valence-electron chi connectivity index (χ0n) is 15.9. The van der Waals surface area contributed by atoms with Crippen LogP contribution in [0.25, 0.3) is 0 Å². The smallest absolute Gasteiger partial charge is 0.242 e. The van der Waals surface area contributed by atoms with Crippen molar-refractivity contribution in [2.75, 3.05) is 20.6 Å². The fraction of sp³-hybridized carbons (Fsp3) is 0.389. The van der Waals surface area contributed by atoms with Crippen LogP contribution < -0.4 is 5.73 Å². The van der Waals surface area contributed by atoms with Gasteiger partial charge in [-0.2, -0.15) is 5.10 Å². The minimum atomic E-state index is -3.49. The summed E-state index contributed by atoms with van der Waals surface area (Å²) in [6.45, 7) is 3.93. The van der Waals surface area contributed by atoms with Crippen molar-refractivity contribution in [2.45, 2.75) is 31.7 Å². The summed E-state index contributed by atoms with van der Waals surface area (Å²) in [5.41, 5.74) is 8.80. The number of aryl methyl sites for hydroxylation is 1. The lowest BCUT2D eigenvalue weighted by molar-refractivity contribution is 0.516. The highest BCUT2D eigenvalue weighted by Crippen LogP contribution is 2.21. The number of nitrogens with two attached hydrogens (primary N) is 1. The lowest BCUT2D eigenvalue weighted by atomic mass is 10.0. The van der Waals surface area contributed by atoms with Gasteiger partial charge in [0.25, 0.3) is 0 Å². The third-order valence-corrected chi connectivity index (χ3v) is 6.04. The molecule has 0 radical (unpaired) electrons. The maximum atomic E-state index is 13.7. The van der Waals surface area contributed by atoms with E-state index in [0.29, 0.717) is 6.42 Å². The van der Waals surface area contributed by atoms with Gasteiger partial charge in [-0.25, -0.2) is 17.1 Å². The van der Waals surface area contributed by atoms with Crippen LogP contribution in [-0.4, -0.2) is 43.1 Å². The van der Waals surface area contributed by atoms with Gasteiger partial charge in [0.2, 0.25) is 10.0 Å². The Morgan fingerprint density at radius 1 is 1.33 bits per heavy atom. The molecule has 0 aliphatic rings. The van der Waals surface area contributed by atoms with Crippen molar-refractivity contribution in [2.24, 2.45) is 5.73 Å². The summed E-state index contributed by atoms with van der Waals surface area (Å²) in [5.74, 6) is -0.330. The van der Waals surface area contributed by atoms with Crippen LogP contribution in [0.5, 0.6) is 0 Å². The van der Waals surface area contributed by atoms with Crippen molar-refractivity contribution in [1.82, 2.24) is 14.1 Å². The maximum absolute atomic E-state index is 13.7. The number of aromatic nitrogens is 2. The van der Waals surface area contributed by atoms with Crippen molar-refractivity contribution in [1.29, 1.82) is 0 Å². The van der Waals surface area contributed by atoms with E-state index >= 15 is 0 Å². The van der Waals surface area contributed by atoms with Crippen LogP contribution >= 0.6 is 12.4 Å². The zero-order chi connectivity index (χ0) is 19.5. The summed E-state index contributed by atoms with van der Waals surface area (Å²) >= 11 is 0. The predicted molar refractivity (Wildman–Crippen MR) is 107 cm³/mol. The fourth-order valence-electron chi connectivity index (χ4n) is 2.71. The molecule has 1 aromatic heterocycles. The van der Waals surface area contributed by atoms with Gasteiger partial charge in [-0.15, -0.1) is 12.4 Å².